The second-order valence-electron chi connectivity index (χ2n) is 5.79. The largest absolute Gasteiger partial charge is 0.493 e. The van der Waals surface area contributed by atoms with Gasteiger partial charge in [-0.15, -0.1) is 0 Å². The zero-order valence-corrected chi connectivity index (χ0v) is 15.2. The Morgan fingerprint density at radius 2 is 1.78 bits per heavy atom. The third kappa shape index (κ3) is 5.16. The Morgan fingerprint density at radius 3 is 2.33 bits per heavy atom. The maximum Gasteiger partial charge on any atom is 0.387 e. The van der Waals surface area contributed by atoms with Crippen molar-refractivity contribution in [2.75, 3.05) is 21.2 Å². The summed E-state index contributed by atoms with van der Waals surface area (Å²) in [6.45, 7) is -2.93. The third-order valence-corrected chi connectivity index (χ3v) is 3.71. The Balaban J connectivity index is 2.11. The van der Waals surface area contributed by atoms with Crippen LogP contribution in [0, 0.1) is 0 Å². The molecule has 1 N–H and O–H groups in total. The molecule has 0 saturated heterocycles. The molecular weight excluding hydrogens is 358 g/mol. The zero-order valence-electron chi connectivity index (χ0n) is 15.2. The van der Waals surface area contributed by atoms with E-state index in [1.807, 2.05) is 0 Å². The normalized spacial score (nSPS) is 10.4. The molecule has 0 saturated carbocycles. The van der Waals surface area contributed by atoms with Crippen molar-refractivity contribution in [3.63, 3.8) is 0 Å². The molecule has 0 unspecified atom stereocenters. The van der Waals surface area contributed by atoms with Gasteiger partial charge in [0.15, 0.2) is 11.5 Å². The first-order chi connectivity index (χ1) is 12.8. The van der Waals surface area contributed by atoms with Crippen molar-refractivity contribution in [2.24, 2.45) is 0 Å². The molecule has 27 heavy (non-hydrogen) atoms. The topological polar surface area (TPSA) is 67.9 Å². The third-order valence-electron chi connectivity index (χ3n) is 3.71. The van der Waals surface area contributed by atoms with Crippen LogP contribution < -0.4 is 14.8 Å². The highest BCUT2D eigenvalue weighted by Gasteiger charge is 2.20. The minimum absolute atomic E-state index is 0.0366. The van der Waals surface area contributed by atoms with E-state index < -0.39 is 12.5 Å². The van der Waals surface area contributed by atoms with Gasteiger partial charge in [-0.1, -0.05) is 18.2 Å². The Labute approximate surface area is 155 Å². The number of para-hydroxylation sites is 1. The summed E-state index contributed by atoms with van der Waals surface area (Å²) in [7, 11) is 4.61. The fraction of sp³-hybridized carbons (Fsp3) is 0.263. The molecule has 144 valence electrons. The maximum absolute atomic E-state index is 12.7. The van der Waals surface area contributed by atoms with Gasteiger partial charge in [0.25, 0.3) is 11.8 Å². The van der Waals surface area contributed by atoms with E-state index in [1.165, 1.54) is 30.2 Å². The summed E-state index contributed by atoms with van der Waals surface area (Å²) in [5, 5.41) is 2.64. The number of halogens is 2. The molecule has 2 aromatic carbocycles. The number of amides is 2. The molecule has 0 radical (unpaired) electrons. The molecule has 2 rings (SSSR count). The van der Waals surface area contributed by atoms with Crippen molar-refractivity contribution in [3.05, 3.63) is 59.2 Å². The molecule has 0 spiro atoms. The Bertz CT molecular complexity index is 808. The number of rotatable bonds is 7. The number of nitrogens with zero attached hydrogens (tertiary/aromatic N) is 1. The zero-order chi connectivity index (χ0) is 20.0. The summed E-state index contributed by atoms with van der Waals surface area (Å²) in [5.41, 5.74) is 1.21. The molecular formula is C19H20F2N2O4. The summed E-state index contributed by atoms with van der Waals surface area (Å²) >= 11 is 0. The van der Waals surface area contributed by atoms with Crippen LogP contribution in [0.4, 0.5) is 8.78 Å². The van der Waals surface area contributed by atoms with E-state index in [9.17, 15) is 18.4 Å². The van der Waals surface area contributed by atoms with Crippen LogP contribution in [0.15, 0.2) is 42.5 Å². The summed E-state index contributed by atoms with van der Waals surface area (Å²) in [4.78, 5) is 25.7. The van der Waals surface area contributed by atoms with Crippen molar-refractivity contribution in [2.45, 2.75) is 13.2 Å². The van der Waals surface area contributed by atoms with Crippen LogP contribution in [0.5, 0.6) is 11.5 Å². The predicted octanol–water partition coefficient (Wildman–Crippen LogP) is 2.93. The number of carbonyl (C=O) groups excluding carboxylic acids is 2. The van der Waals surface area contributed by atoms with Gasteiger partial charge in [0.05, 0.1) is 12.7 Å². The number of ether oxygens (including phenoxy) is 2. The van der Waals surface area contributed by atoms with Gasteiger partial charge >= 0.3 is 6.61 Å². The first-order valence-electron chi connectivity index (χ1n) is 8.04. The van der Waals surface area contributed by atoms with Crippen LogP contribution >= 0.6 is 0 Å². The van der Waals surface area contributed by atoms with E-state index in [0.29, 0.717) is 5.56 Å². The molecule has 0 aliphatic carbocycles. The lowest BCUT2D eigenvalue weighted by Crippen LogP contribution is -2.24. The molecule has 0 bridgehead atoms. The predicted molar refractivity (Wildman–Crippen MR) is 95.3 cm³/mol. The number of hydrogen-bond donors (Lipinski definition) is 1. The fourth-order valence-corrected chi connectivity index (χ4v) is 2.37. The van der Waals surface area contributed by atoms with E-state index in [4.69, 9.17) is 4.74 Å². The summed E-state index contributed by atoms with van der Waals surface area (Å²) in [6, 6.07) is 11.0. The van der Waals surface area contributed by atoms with Crippen molar-refractivity contribution < 1.29 is 27.8 Å². The van der Waals surface area contributed by atoms with Gasteiger partial charge in [-0.3, -0.25) is 9.59 Å². The molecule has 0 aliphatic heterocycles. The van der Waals surface area contributed by atoms with E-state index >= 15 is 0 Å². The highest BCUT2D eigenvalue weighted by atomic mass is 19.3. The van der Waals surface area contributed by atoms with Gasteiger partial charge < -0.3 is 19.7 Å². The lowest BCUT2D eigenvalue weighted by Gasteiger charge is -2.14. The van der Waals surface area contributed by atoms with Gasteiger partial charge in [0, 0.05) is 26.2 Å². The lowest BCUT2D eigenvalue weighted by atomic mass is 10.1. The highest BCUT2D eigenvalue weighted by Crippen LogP contribution is 2.32. The second-order valence-corrected chi connectivity index (χ2v) is 5.79. The van der Waals surface area contributed by atoms with Crippen LogP contribution in [0.2, 0.25) is 0 Å². The molecule has 2 amide bonds. The first kappa shape index (κ1) is 20.2. The van der Waals surface area contributed by atoms with Crippen LogP contribution in [0.1, 0.15) is 26.3 Å². The van der Waals surface area contributed by atoms with Gasteiger partial charge in [-0.25, -0.2) is 0 Å². The lowest BCUT2D eigenvalue weighted by molar-refractivity contribution is -0.0515. The molecule has 0 aromatic heterocycles. The summed E-state index contributed by atoms with van der Waals surface area (Å²) in [6.07, 6.45) is 0. The van der Waals surface area contributed by atoms with Crippen LogP contribution in [-0.2, 0) is 6.54 Å². The highest BCUT2D eigenvalue weighted by molar-refractivity contribution is 5.97. The Hall–Kier alpha value is -3.16. The van der Waals surface area contributed by atoms with E-state index in [1.54, 1.807) is 38.4 Å². The molecule has 8 heteroatoms. The van der Waals surface area contributed by atoms with Crippen molar-refractivity contribution in [1.29, 1.82) is 0 Å². The molecule has 6 nitrogen and oxygen atoms in total. The molecule has 0 heterocycles. The monoisotopic (exact) mass is 378 g/mol. The first-order valence-corrected chi connectivity index (χ1v) is 8.04. The standard InChI is InChI=1S/C19H20F2N2O4/c1-23(2)18(25)13-9-7-12(8-10-13)11-22-17(24)14-5-4-6-15(26-3)16(14)27-19(20)21/h4-10,19H,11H2,1-3H3,(H,22,24). The van der Waals surface area contributed by atoms with Gasteiger partial charge in [0.1, 0.15) is 0 Å². The summed E-state index contributed by atoms with van der Waals surface area (Å²) < 4.78 is 34.7. The number of alkyl halides is 2. The Kier molecular flexibility index (Phi) is 6.70. The summed E-state index contributed by atoms with van der Waals surface area (Å²) in [5.74, 6) is -0.998. The number of nitrogens with one attached hydrogen (secondary N) is 1. The number of benzene rings is 2. The van der Waals surface area contributed by atoms with Crippen LogP contribution in [-0.4, -0.2) is 44.5 Å². The van der Waals surface area contributed by atoms with Gasteiger partial charge in [-0.05, 0) is 29.8 Å². The number of hydrogen-bond acceptors (Lipinski definition) is 4. The number of carbonyl (C=O) groups is 2. The minimum atomic E-state index is -3.09. The molecule has 0 fully saturated rings. The quantitative estimate of drug-likeness (QED) is 0.805. The van der Waals surface area contributed by atoms with Gasteiger partial charge in [-0.2, -0.15) is 8.78 Å². The van der Waals surface area contributed by atoms with E-state index in [2.05, 4.69) is 10.1 Å². The molecule has 2 aromatic rings. The molecule has 0 aliphatic rings. The van der Waals surface area contributed by atoms with E-state index in [-0.39, 0.29) is 29.5 Å². The smallest absolute Gasteiger partial charge is 0.387 e. The number of methoxy groups -OCH3 is 1. The second kappa shape index (κ2) is 8.98. The maximum atomic E-state index is 12.7. The van der Waals surface area contributed by atoms with Crippen LogP contribution in [0.3, 0.4) is 0 Å². The average molecular weight is 378 g/mol. The van der Waals surface area contributed by atoms with Gasteiger partial charge in [0.2, 0.25) is 0 Å². The average Bonchev–Trinajstić information content (AvgIpc) is 2.65. The van der Waals surface area contributed by atoms with Crippen molar-refractivity contribution in [1.82, 2.24) is 10.2 Å². The molecule has 0 atom stereocenters. The SMILES string of the molecule is COc1cccc(C(=O)NCc2ccc(C(=O)N(C)C)cc2)c1OC(F)F. The Morgan fingerprint density at radius 1 is 1.11 bits per heavy atom. The fourth-order valence-electron chi connectivity index (χ4n) is 2.37. The van der Waals surface area contributed by atoms with Crippen molar-refractivity contribution in [3.8, 4) is 11.5 Å². The van der Waals surface area contributed by atoms with Crippen LogP contribution in [0.25, 0.3) is 0 Å². The minimum Gasteiger partial charge on any atom is -0.493 e. The van der Waals surface area contributed by atoms with E-state index in [0.717, 1.165) is 5.56 Å². The van der Waals surface area contributed by atoms with Crippen molar-refractivity contribution >= 4 is 11.8 Å².